The number of rotatable bonds is 4. The second-order valence-corrected chi connectivity index (χ2v) is 6.13. The SMILES string of the molecule is COC(=O)NCc1nc2ccccc2n1Cc1ccc2ccccc2c1. The van der Waals surface area contributed by atoms with Gasteiger partial charge in [-0.15, -0.1) is 0 Å². The van der Waals surface area contributed by atoms with E-state index in [1.807, 2.05) is 36.4 Å². The van der Waals surface area contributed by atoms with Crippen molar-refractivity contribution < 1.29 is 9.53 Å². The molecule has 0 unspecified atom stereocenters. The number of carbonyl (C=O) groups excluding carboxylic acids is 1. The molecule has 0 aliphatic heterocycles. The molecule has 5 nitrogen and oxygen atoms in total. The van der Waals surface area contributed by atoms with Crippen LogP contribution in [0, 0.1) is 0 Å². The van der Waals surface area contributed by atoms with E-state index in [0.717, 1.165) is 16.9 Å². The van der Waals surface area contributed by atoms with E-state index in [1.54, 1.807) is 0 Å². The second-order valence-electron chi connectivity index (χ2n) is 6.13. The summed E-state index contributed by atoms with van der Waals surface area (Å²) < 4.78 is 6.80. The van der Waals surface area contributed by atoms with Crippen LogP contribution >= 0.6 is 0 Å². The van der Waals surface area contributed by atoms with Crippen LogP contribution in [-0.4, -0.2) is 22.8 Å². The number of benzene rings is 3. The number of hydrogen-bond donors (Lipinski definition) is 1. The highest BCUT2D eigenvalue weighted by atomic mass is 16.5. The van der Waals surface area contributed by atoms with Crippen LogP contribution in [0.3, 0.4) is 0 Å². The topological polar surface area (TPSA) is 56.1 Å². The Bertz CT molecular complexity index is 1080. The minimum absolute atomic E-state index is 0.314. The van der Waals surface area contributed by atoms with Crippen LogP contribution in [0.25, 0.3) is 21.8 Å². The zero-order chi connectivity index (χ0) is 17.9. The lowest BCUT2D eigenvalue weighted by Crippen LogP contribution is -2.24. The van der Waals surface area contributed by atoms with Gasteiger partial charge in [0, 0.05) is 6.54 Å². The number of alkyl carbamates (subject to hydrolysis) is 1. The largest absolute Gasteiger partial charge is 0.453 e. The van der Waals surface area contributed by atoms with Crippen LogP contribution in [0.5, 0.6) is 0 Å². The quantitative estimate of drug-likeness (QED) is 0.606. The molecule has 1 aromatic heterocycles. The molecule has 0 saturated carbocycles. The van der Waals surface area contributed by atoms with E-state index in [2.05, 4.69) is 49.9 Å². The van der Waals surface area contributed by atoms with Gasteiger partial charge < -0.3 is 14.6 Å². The van der Waals surface area contributed by atoms with Crippen molar-refractivity contribution in [3.63, 3.8) is 0 Å². The van der Waals surface area contributed by atoms with Crippen molar-refractivity contribution in [2.75, 3.05) is 7.11 Å². The van der Waals surface area contributed by atoms with Gasteiger partial charge in [-0.3, -0.25) is 0 Å². The summed E-state index contributed by atoms with van der Waals surface area (Å²) in [4.78, 5) is 16.1. The standard InChI is InChI=1S/C21H19N3O2/c1-26-21(25)22-13-20-23-18-8-4-5-9-19(18)24(20)14-15-10-11-16-6-2-3-7-17(16)12-15/h2-12H,13-14H2,1H3,(H,22,25). The first-order valence-corrected chi connectivity index (χ1v) is 8.48. The number of amides is 1. The fraction of sp³-hybridized carbons (Fsp3) is 0.143. The van der Waals surface area contributed by atoms with E-state index >= 15 is 0 Å². The summed E-state index contributed by atoms with van der Waals surface area (Å²) in [6.45, 7) is 0.998. The van der Waals surface area contributed by atoms with Gasteiger partial charge in [0.05, 0.1) is 24.7 Å². The fourth-order valence-electron chi connectivity index (χ4n) is 3.18. The predicted octanol–water partition coefficient (Wildman–Crippen LogP) is 4.09. The molecular formula is C21H19N3O2. The van der Waals surface area contributed by atoms with Gasteiger partial charge in [0.15, 0.2) is 0 Å². The lowest BCUT2D eigenvalue weighted by molar-refractivity contribution is 0.170. The number of aromatic nitrogens is 2. The van der Waals surface area contributed by atoms with Crippen LogP contribution in [0.4, 0.5) is 4.79 Å². The number of fused-ring (bicyclic) bond motifs is 2. The predicted molar refractivity (Wildman–Crippen MR) is 102 cm³/mol. The number of ether oxygens (including phenoxy) is 1. The van der Waals surface area contributed by atoms with Gasteiger partial charge in [-0.2, -0.15) is 0 Å². The van der Waals surface area contributed by atoms with Gasteiger partial charge in [-0.05, 0) is 34.5 Å². The van der Waals surface area contributed by atoms with Crippen LogP contribution in [0.1, 0.15) is 11.4 Å². The van der Waals surface area contributed by atoms with E-state index in [0.29, 0.717) is 13.1 Å². The van der Waals surface area contributed by atoms with E-state index in [-0.39, 0.29) is 0 Å². The van der Waals surface area contributed by atoms with E-state index in [4.69, 9.17) is 0 Å². The first kappa shape index (κ1) is 16.1. The Hall–Kier alpha value is -3.34. The molecule has 3 aromatic carbocycles. The Balaban J connectivity index is 1.72. The summed E-state index contributed by atoms with van der Waals surface area (Å²) >= 11 is 0. The Kier molecular flexibility index (Phi) is 4.27. The molecule has 0 saturated heterocycles. The van der Waals surface area contributed by atoms with E-state index in [9.17, 15) is 4.79 Å². The molecule has 0 radical (unpaired) electrons. The van der Waals surface area contributed by atoms with E-state index in [1.165, 1.54) is 23.4 Å². The third-order valence-corrected chi connectivity index (χ3v) is 4.46. The highest BCUT2D eigenvalue weighted by Crippen LogP contribution is 2.21. The maximum atomic E-state index is 11.4. The summed E-state index contributed by atoms with van der Waals surface area (Å²) in [6.07, 6.45) is -0.464. The smallest absolute Gasteiger partial charge is 0.407 e. The van der Waals surface area contributed by atoms with Gasteiger partial charge in [0.2, 0.25) is 0 Å². The van der Waals surface area contributed by atoms with Crippen molar-refractivity contribution in [1.29, 1.82) is 0 Å². The second kappa shape index (κ2) is 6.88. The molecule has 4 aromatic rings. The Labute approximate surface area is 151 Å². The summed E-state index contributed by atoms with van der Waals surface area (Å²) in [6, 6.07) is 22.8. The Morgan fingerprint density at radius 1 is 1.04 bits per heavy atom. The minimum Gasteiger partial charge on any atom is -0.453 e. The van der Waals surface area contributed by atoms with Gasteiger partial charge >= 0.3 is 6.09 Å². The third kappa shape index (κ3) is 3.11. The molecule has 0 bridgehead atoms. The molecule has 1 heterocycles. The van der Waals surface area contributed by atoms with Crippen LogP contribution < -0.4 is 5.32 Å². The van der Waals surface area contributed by atoms with Crippen LogP contribution in [0.2, 0.25) is 0 Å². The summed E-state index contributed by atoms with van der Waals surface area (Å²) in [5.41, 5.74) is 3.14. The highest BCUT2D eigenvalue weighted by molar-refractivity contribution is 5.83. The maximum absolute atomic E-state index is 11.4. The Morgan fingerprint density at radius 3 is 2.65 bits per heavy atom. The molecule has 0 spiro atoms. The number of nitrogens with one attached hydrogen (secondary N) is 1. The molecule has 0 fully saturated rings. The number of para-hydroxylation sites is 2. The third-order valence-electron chi connectivity index (χ3n) is 4.46. The molecule has 0 atom stereocenters. The average molecular weight is 345 g/mol. The van der Waals surface area contributed by atoms with Gasteiger partial charge in [-0.25, -0.2) is 9.78 Å². The molecular weight excluding hydrogens is 326 g/mol. The zero-order valence-corrected chi connectivity index (χ0v) is 14.5. The molecule has 5 heteroatoms. The maximum Gasteiger partial charge on any atom is 0.407 e. The van der Waals surface area contributed by atoms with Crippen molar-refractivity contribution in [2.24, 2.45) is 0 Å². The molecule has 130 valence electrons. The van der Waals surface area contributed by atoms with E-state index < -0.39 is 6.09 Å². The number of imidazole rings is 1. The molecule has 0 aliphatic carbocycles. The zero-order valence-electron chi connectivity index (χ0n) is 14.5. The number of methoxy groups -OCH3 is 1. The molecule has 4 rings (SSSR count). The molecule has 26 heavy (non-hydrogen) atoms. The Morgan fingerprint density at radius 2 is 1.81 bits per heavy atom. The fourth-order valence-corrected chi connectivity index (χ4v) is 3.18. The van der Waals surface area contributed by atoms with Gasteiger partial charge in [-0.1, -0.05) is 48.5 Å². The summed E-state index contributed by atoms with van der Waals surface area (Å²) in [5, 5.41) is 5.15. The first-order valence-electron chi connectivity index (χ1n) is 8.48. The summed E-state index contributed by atoms with van der Waals surface area (Å²) in [7, 11) is 1.35. The molecule has 1 N–H and O–H groups in total. The lowest BCUT2D eigenvalue weighted by Gasteiger charge is -2.11. The van der Waals surface area contributed by atoms with Gasteiger partial charge in [0.25, 0.3) is 0 Å². The average Bonchev–Trinajstić information content (AvgIpc) is 3.03. The number of nitrogens with zero attached hydrogens (tertiary/aromatic N) is 2. The van der Waals surface area contributed by atoms with Gasteiger partial charge in [0.1, 0.15) is 5.82 Å². The molecule has 0 aliphatic rings. The van der Waals surface area contributed by atoms with Crippen molar-refractivity contribution >= 4 is 27.9 Å². The van der Waals surface area contributed by atoms with Crippen LogP contribution in [-0.2, 0) is 17.8 Å². The number of hydrogen-bond acceptors (Lipinski definition) is 3. The van der Waals surface area contributed by atoms with Crippen molar-refractivity contribution in [2.45, 2.75) is 13.1 Å². The highest BCUT2D eigenvalue weighted by Gasteiger charge is 2.12. The first-order chi connectivity index (χ1) is 12.7. The summed E-state index contributed by atoms with van der Waals surface area (Å²) in [5.74, 6) is 0.796. The molecule has 1 amide bonds. The monoisotopic (exact) mass is 345 g/mol. The van der Waals surface area contributed by atoms with Crippen molar-refractivity contribution in [3.05, 3.63) is 78.1 Å². The van der Waals surface area contributed by atoms with Crippen molar-refractivity contribution in [1.82, 2.24) is 14.9 Å². The van der Waals surface area contributed by atoms with Crippen molar-refractivity contribution in [3.8, 4) is 0 Å². The number of carbonyl (C=O) groups is 1. The normalized spacial score (nSPS) is 11.0. The van der Waals surface area contributed by atoms with Crippen LogP contribution in [0.15, 0.2) is 66.7 Å². The lowest BCUT2D eigenvalue weighted by atomic mass is 10.1. The minimum atomic E-state index is -0.464.